The molecule has 5 aliphatic rings. The minimum atomic E-state index is -0.223. The van der Waals surface area contributed by atoms with Crippen LogP contribution in [0.4, 0.5) is 5.69 Å². The number of aryl methyl sites for hydroxylation is 1. The standard InChI is InChI=1S/C26H23NO4/c1-14-5-7-15(8-6-14)22(28)13-31-17-4-2-3-16(11-17)27-25(29)23-18-9-10-19(21-12-20(18)21)24(23)26(27)30/h2-11,18-21,23-24H,12-13H2,1H3/t18-,19-,20-,21+,23-,24+/m0/s1. The van der Waals surface area contributed by atoms with Gasteiger partial charge >= 0.3 is 0 Å². The number of Topliss-reactive ketones (excluding diaryl/α,β-unsaturated/α-hetero) is 1. The van der Waals surface area contributed by atoms with Gasteiger partial charge in [-0.1, -0.05) is 48.0 Å². The van der Waals surface area contributed by atoms with E-state index in [9.17, 15) is 14.4 Å². The maximum Gasteiger partial charge on any atom is 0.238 e. The molecule has 0 N–H and O–H groups in total. The van der Waals surface area contributed by atoms with E-state index in [1.807, 2.05) is 19.1 Å². The predicted octanol–water partition coefficient (Wildman–Crippen LogP) is 3.81. The molecular weight excluding hydrogens is 390 g/mol. The van der Waals surface area contributed by atoms with Gasteiger partial charge in [-0.25, -0.2) is 4.90 Å². The molecule has 0 radical (unpaired) electrons. The van der Waals surface area contributed by atoms with E-state index in [-0.39, 0.29) is 47.9 Å². The Morgan fingerprint density at radius 2 is 1.61 bits per heavy atom. The summed E-state index contributed by atoms with van der Waals surface area (Å²) in [7, 11) is 0. The summed E-state index contributed by atoms with van der Waals surface area (Å²) in [6.45, 7) is 1.87. The fourth-order valence-electron chi connectivity index (χ4n) is 5.90. The number of nitrogens with zero attached hydrogens (tertiary/aromatic N) is 1. The highest BCUT2D eigenvalue weighted by atomic mass is 16.5. The molecule has 5 nitrogen and oxygen atoms in total. The van der Waals surface area contributed by atoms with E-state index in [4.69, 9.17) is 4.74 Å². The van der Waals surface area contributed by atoms with E-state index < -0.39 is 0 Å². The molecule has 7 rings (SSSR count). The molecule has 6 atom stereocenters. The van der Waals surface area contributed by atoms with Crippen molar-refractivity contribution >= 4 is 23.3 Å². The highest BCUT2D eigenvalue weighted by Crippen LogP contribution is 2.65. The number of ether oxygens (including phenoxy) is 1. The zero-order valence-electron chi connectivity index (χ0n) is 17.2. The van der Waals surface area contributed by atoms with E-state index >= 15 is 0 Å². The zero-order chi connectivity index (χ0) is 21.3. The number of ketones is 1. The molecule has 1 aliphatic heterocycles. The van der Waals surface area contributed by atoms with Crippen LogP contribution in [-0.2, 0) is 9.59 Å². The summed E-state index contributed by atoms with van der Waals surface area (Å²) in [6.07, 6.45) is 5.49. The molecule has 0 spiro atoms. The van der Waals surface area contributed by atoms with Crippen LogP contribution >= 0.6 is 0 Å². The smallest absolute Gasteiger partial charge is 0.238 e. The lowest BCUT2D eigenvalue weighted by atomic mass is 9.63. The Hall–Kier alpha value is -3.21. The van der Waals surface area contributed by atoms with E-state index in [2.05, 4.69) is 12.2 Å². The highest BCUT2D eigenvalue weighted by molar-refractivity contribution is 6.22. The van der Waals surface area contributed by atoms with Crippen molar-refractivity contribution in [2.45, 2.75) is 13.3 Å². The Morgan fingerprint density at radius 3 is 2.26 bits per heavy atom. The molecule has 2 aromatic rings. The first-order valence-electron chi connectivity index (χ1n) is 10.9. The molecule has 2 aromatic carbocycles. The number of carbonyl (C=O) groups is 3. The van der Waals surface area contributed by atoms with E-state index in [1.165, 1.54) is 4.90 Å². The second kappa shape index (κ2) is 6.64. The quantitative estimate of drug-likeness (QED) is 0.425. The minimum Gasteiger partial charge on any atom is -0.485 e. The average Bonchev–Trinajstić information content (AvgIpc) is 3.56. The van der Waals surface area contributed by atoms with Crippen molar-refractivity contribution in [2.75, 3.05) is 11.5 Å². The largest absolute Gasteiger partial charge is 0.485 e. The molecule has 1 saturated heterocycles. The third-order valence-electron chi connectivity index (χ3n) is 7.48. The van der Waals surface area contributed by atoms with Crippen LogP contribution in [-0.4, -0.2) is 24.2 Å². The SMILES string of the molecule is Cc1ccc(C(=O)COc2cccc(N3C(=O)[C@@H]4[C@H]5C=C[C@@H]([C@@H]6C[C@H]56)[C@@H]4C3=O)c2)cc1. The third-order valence-corrected chi connectivity index (χ3v) is 7.48. The van der Waals surface area contributed by atoms with E-state index in [0.29, 0.717) is 28.8 Å². The molecule has 0 unspecified atom stereocenters. The van der Waals surface area contributed by atoms with Crippen molar-refractivity contribution in [3.8, 4) is 5.75 Å². The summed E-state index contributed by atoms with van der Waals surface area (Å²) < 4.78 is 5.71. The van der Waals surface area contributed by atoms with Gasteiger partial charge in [0, 0.05) is 11.6 Å². The van der Waals surface area contributed by atoms with Crippen molar-refractivity contribution in [1.29, 1.82) is 0 Å². The lowest BCUT2D eigenvalue weighted by molar-refractivity contribution is -0.124. The first kappa shape index (κ1) is 18.6. The number of allylic oxidation sites excluding steroid dienone is 2. The van der Waals surface area contributed by atoms with Crippen molar-refractivity contribution in [2.24, 2.45) is 35.5 Å². The van der Waals surface area contributed by atoms with Gasteiger partial charge in [-0.3, -0.25) is 14.4 Å². The number of amides is 2. The van der Waals surface area contributed by atoms with Gasteiger partial charge in [0.1, 0.15) is 5.75 Å². The van der Waals surface area contributed by atoms with Gasteiger partial charge in [-0.2, -0.15) is 0 Å². The fourth-order valence-corrected chi connectivity index (χ4v) is 5.90. The summed E-state index contributed by atoms with van der Waals surface area (Å²) >= 11 is 0. The van der Waals surface area contributed by atoms with Crippen LogP contribution < -0.4 is 9.64 Å². The van der Waals surface area contributed by atoms with Gasteiger partial charge < -0.3 is 4.74 Å². The monoisotopic (exact) mass is 413 g/mol. The van der Waals surface area contributed by atoms with Crippen LogP contribution in [0, 0.1) is 42.4 Å². The minimum absolute atomic E-state index is 0.0902. The van der Waals surface area contributed by atoms with Gasteiger partial charge in [0.05, 0.1) is 17.5 Å². The van der Waals surface area contributed by atoms with Crippen molar-refractivity contribution in [3.63, 3.8) is 0 Å². The van der Waals surface area contributed by atoms with Crippen LogP contribution in [0.15, 0.2) is 60.7 Å². The highest BCUT2D eigenvalue weighted by Gasteiger charge is 2.67. The number of hydrogen-bond donors (Lipinski definition) is 0. The average molecular weight is 413 g/mol. The van der Waals surface area contributed by atoms with Crippen molar-refractivity contribution < 1.29 is 19.1 Å². The molecule has 2 bridgehead atoms. The first-order valence-corrected chi connectivity index (χ1v) is 10.9. The molecular formula is C26H23NO4. The van der Waals surface area contributed by atoms with Crippen LogP contribution in [0.2, 0.25) is 0 Å². The molecule has 156 valence electrons. The maximum atomic E-state index is 13.3. The second-order valence-electron chi connectivity index (χ2n) is 9.24. The summed E-state index contributed by atoms with van der Waals surface area (Å²) in [5, 5.41) is 0. The molecule has 31 heavy (non-hydrogen) atoms. The molecule has 1 heterocycles. The Morgan fingerprint density at radius 1 is 0.968 bits per heavy atom. The lowest BCUT2D eigenvalue weighted by Crippen LogP contribution is -2.40. The Labute approximate surface area is 180 Å². The molecule has 4 aliphatic carbocycles. The summed E-state index contributed by atoms with van der Waals surface area (Å²) in [6, 6.07) is 14.3. The first-order chi connectivity index (χ1) is 15.0. The third kappa shape index (κ3) is 2.79. The van der Waals surface area contributed by atoms with Crippen LogP contribution in [0.5, 0.6) is 5.75 Å². The van der Waals surface area contributed by atoms with Gasteiger partial charge in [0.2, 0.25) is 11.8 Å². The Bertz CT molecular complexity index is 1100. The number of carbonyl (C=O) groups excluding carboxylic acids is 3. The van der Waals surface area contributed by atoms with E-state index in [1.54, 1.807) is 36.4 Å². The van der Waals surface area contributed by atoms with Crippen LogP contribution in [0.1, 0.15) is 22.3 Å². The number of imide groups is 1. The maximum absolute atomic E-state index is 13.3. The number of hydrogen-bond acceptors (Lipinski definition) is 4. The molecule has 5 heteroatoms. The van der Waals surface area contributed by atoms with Crippen LogP contribution in [0.3, 0.4) is 0 Å². The normalized spacial score (nSPS) is 32.1. The van der Waals surface area contributed by atoms with Gasteiger partial charge in [0.25, 0.3) is 0 Å². The van der Waals surface area contributed by atoms with Gasteiger partial charge in [-0.05, 0) is 49.1 Å². The Balaban J connectivity index is 1.20. The molecule has 0 aromatic heterocycles. The Kier molecular flexibility index (Phi) is 3.98. The second-order valence-corrected chi connectivity index (χ2v) is 9.24. The number of rotatable bonds is 5. The molecule has 2 saturated carbocycles. The molecule has 3 fully saturated rings. The van der Waals surface area contributed by atoms with Crippen LogP contribution in [0.25, 0.3) is 0 Å². The fraction of sp³-hybridized carbons (Fsp3) is 0.346. The van der Waals surface area contributed by atoms with Crippen molar-refractivity contribution in [1.82, 2.24) is 0 Å². The molecule has 2 amide bonds. The number of benzene rings is 2. The van der Waals surface area contributed by atoms with Crippen molar-refractivity contribution in [3.05, 3.63) is 71.8 Å². The lowest BCUT2D eigenvalue weighted by Gasteiger charge is -2.37. The topological polar surface area (TPSA) is 63.7 Å². The zero-order valence-corrected chi connectivity index (χ0v) is 17.2. The predicted molar refractivity (Wildman–Crippen MR) is 115 cm³/mol. The summed E-state index contributed by atoms with van der Waals surface area (Å²) in [5.41, 5.74) is 2.21. The van der Waals surface area contributed by atoms with Gasteiger partial charge in [0.15, 0.2) is 12.4 Å². The van der Waals surface area contributed by atoms with E-state index in [0.717, 1.165) is 12.0 Å². The summed E-state index contributed by atoms with van der Waals surface area (Å²) in [5.74, 6) is 1.29. The number of anilines is 1. The summed E-state index contributed by atoms with van der Waals surface area (Å²) in [4.78, 5) is 40.3. The van der Waals surface area contributed by atoms with Gasteiger partial charge in [-0.15, -0.1) is 0 Å².